The highest BCUT2D eigenvalue weighted by molar-refractivity contribution is 7.39. The summed E-state index contributed by atoms with van der Waals surface area (Å²) in [6.07, 6.45) is -2.63. The van der Waals surface area contributed by atoms with E-state index in [4.69, 9.17) is 16.7 Å². The lowest BCUT2D eigenvalue weighted by Gasteiger charge is -2.31. The summed E-state index contributed by atoms with van der Waals surface area (Å²) in [4.78, 5) is 22.1. The van der Waals surface area contributed by atoms with Crippen LogP contribution in [-0.4, -0.2) is 79.1 Å². The smallest absolute Gasteiger partial charge is 0.433 e. The number of hydrogen-bond donors (Lipinski definition) is 3. The molecule has 1 aromatic rings. The van der Waals surface area contributed by atoms with Crippen LogP contribution in [0.2, 0.25) is 0 Å². The van der Waals surface area contributed by atoms with E-state index in [0.29, 0.717) is 0 Å². The molecule has 242 valence electrons. The summed E-state index contributed by atoms with van der Waals surface area (Å²) in [6.45, 7) is 3.00. The molecule has 0 aliphatic carbocycles. The van der Waals surface area contributed by atoms with Crippen molar-refractivity contribution in [2.45, 2.75) is 33.3 Å². The fraction of sp³-hybridized carbons (Fsp3) is 0.636. The molecular formula is C22H36F7O9P3. The van der Waals surface area contributed by atoms with Crippen LogP contribution < -0.4 is 4.74 Å². The van der Waals surface area contributed by atoms with E-state index in [9.17, 15) is 40.1 Å². The predicted octanol–water partition coefficient (Wildman–Crippen LogP) is 5.24. The van der Waals surface area contributed by atoms with Crippen molar-refractivity contribution >= 4 is 39.7 Å². The van der Waals surface area contributed by atoms with Crippen LogP contribution >= 0.6 is 27.4 Å². The first kappa shape index (κ1) is 41.6. The van der Waals surface area contributed by atoms with Gasteiger partial charge in [-0.25, -0.2) is 31.3 Å². The molecule has 1 fully saturated rings. The third-order valence-corrected chi connectivity index (χ3v) is 4.12. The normalized spacial score (nSPS) is 14.3. The van der Waals surface area contributed by atoms with Gasteiger partial charge in [0, 0.05) is 6.79 Å². The average molecular weight is 672 g/mol. The summed E-state index contributed by atoms with van der Waals surface area (Å²) >= 11 is 0. The van der Waals surface area contributed by atoms with Crippen molar-refractivity contribution in [2.24, 2.45) is 10.8 Å². The van der Waals surface area contributed by atoms with Crippen molar-refractivity contribution in [1.29, 1.82) is 0 Å². The van der Waals surface area contributed by atoms with Gasteiger partial charge in [-0.1, -0.05) is 32.8 Å². The maximum absolute atomic E-state index is 13.3. The maximum atomic E-state index is 13.3. The lowest BCUT2D eigenvalue weighted by molar-refractivity contribution is -0.0766. The number of aliphatic hydroxyl groups is 3. The minimum atomic E-state index is -2.39. The molecule has 1 aromatic carbocycles. The van der Waals surface area contributed by atoms with Gasteiger partial charge >= 0.3 is 12.3 Å². The molecule has 0 radical (unpaired) electrons. The van der Waals surface area contributed by atoms with Gasteiger partial charge in [0.05, 0.1) is 34.1 Å². The minimum Gasteiger partial charge on any atom is -0.433 e. The van der Waals surface area contributed by atoms with Gasteiger partial charge in [-0.2, -0.15) is 8.78 Å². The molecule has 1 aliphatic rings. The van der Waals surface area contributed by atoms with Crippen molar-refractivity contribution < 1.29 is 75.8 Å². The number of carbonyl (C=O) groups excluding carboxylic acids is 2. The van der Waals surface area contributed by atoms with Crippen LogP contribution in [0.3, 0.4) is 0 Å². The Bertz CT molecular complexity index is 925. The Morgan fingerprint density at radius 3 is 1.66 bits per heavy atom. The maximum Gasteiger partial charge on any atom is 0.514 e. The molecule has 19 heteroatoms. The Hall–Kier alpha value is -1.56. The molecule has 3 atom stereocenters. The molecule has 0 spiro atoms. The fourth-order valence-electron chi connectivity index (χ4n) is 1.80. The Morgan fingerprint density at radius 2 is 1.37 bits per heavy atom. The second-order valence-corrected chi connectivity index (χ2v) is 11.5. The van der Waals surface area contributed by atoms with Gasteiger partial charge in [-0.3, -0.25) is 0 Å². The van der Waals surface area contributed by atoms with E-state index in [0.717, 1.165) is 0 Å². The van der Waals surface area contributed by atoms with Crippen LogP contribution in [0.5, 0.6) is 5.75 Å². The lowest BCUT2D eigenvalue weighted by Crippen LogP contribution is -2.41. The van der Waals surface area contributed by atoms with Crippen molar-refractivity contribution in [2.75, 3.05) is 46.3 Å². The molecule has 0 bridgehead atoms. The zero-order chi connectivity index (χ0) is 32.6. The fourth-order valence-corrected chi connectivity index (χ4v) is 1.80. The molecule has 0 saturated carbocycles. The first-order valence-electron chi connectivity index (χ1n) is 11.3. The molecule has 1 heterocycles. The summed E-state index contributed by atoms with van der Waals surface area (Å²) < 4.78 is 112. The first-order valence-corrected chi connectivity index (χ1v) is 13.2. The summed E-state index contributed by atoms with van der Waals surface area (Å²) in [7, 11) is 3.38. The number of carbonyl (C=O) groups is 2. The van der Waals surface area contributed by atoms with Crippen molar-refractivity contribution in [3.05, 3.63) is 29.1 Å². The second kappa shape index (κ2) is 20.4. The lowest BCUT2D eigenvalue weighted by atomic mass is 9.94. The molecule has 2 rings (SSSR count). The van der Waals surface area contributed by atoms with E-state index in [1.54, 1.807) is 6.92 Å². The zero-order valence-electron chi connectivity index (χ0n) is 22.5. The highest BCUT2D eigenvalue weighted by Crippen LogP contribution is 2.30. The van der Waals surface area contributed by atoms with Gasteiger partial charge in [-0.05, 0) is 20.5 Å². The highest BCUT2D eigenvalue weighted by Gasteiger charge is 2.36. The third kappa shape index (κ3) is 17.9. The monoisotopic (exact) mass is 672 g/mol. The van der Waals surface area contributed by atoms with Crippen LogP contribution in [0, 0.1) is 39.9 Å². The van der Waals surface area contributed by atoms with Crippen molar-refractivity contribution in [1.82, 2.24) is 0 Å². The van der Waals surface area contributed by atoms with Crippen LogP contribution in [0.1, 0.15) is 29.5 Å². The quantitative estimate of drug-likeness (QED) is 0.0928. The molecule has 1 aliphatic heterocycles. The topological polar surface area (TPSA) is 132 Å². The Balaban J connectivity index is -0.000000696. The third-order valence-electron chi connectivity index (χ3n) is 4.12. The summed E-state index contributed by atoms with van der Waals surface area (Å²) in [5, 5.41) is 23.9. The van der Waals surface area contributed by atoms with Crippen LogP contribution in [0.15, 0.2) is 0 Å². The summed E-state index contributed by atoms with van der Waals surface area (Å²) in [5.74, 6) is -13.3. The molecular weight excluding hydrogens is 634 g/mol. The Kier molecular flexibility index (Phi) is 20.6. The summed E-state index contributed by atoms with van der Waals surface area (Å²) in [5.41, 5.74) is -1.68. The van der Waals surface area contributed by atoms with E-state index < -0.39 is 78.6 Å². The highest BCUT2D eigenvalue weighted by atomic mass is 31.1. The van der Waals surface area contributed by atoms with Crippen molar-refractivity contribution in [3.63, 3.8) is 0 Å². The van der Waals surface area contributed by atoms with E-state index in [2.05, 4.69) is 18.9 Å². The van der Waals surface area contributed by atoms with Gasteiger partial charge in [-0.15, -0.1) is 0 Å². The SMILES string of the molecule is C.CC(CO)(CO)CO.CC1(COC(=O)Oc2c(F)c(F)c(F)c(F)c2F)COC(=O)OC1.CPF.[3H]CC(F)(P)P. The van der Waals surface area contributed by atoms with Gasteiger partial charge in [0.2, 0.25) is 34.8 Å². The van der Waals surface area contributed by atoms with Gasteiger partial charge in [0.15, 0.2) is 0 Å². The number of alkyl halides is 1. The predicted molar refractivity (Wildman–Crippen MR) is 144 cm³/mol. The minimum absolute atomic E-state index is 0. The number of ether oxygens (including phenoxy) is 4. The van der Waals surface area contributed by atoms with Crippen LogP contribution in [0.25, 0.3) is 0 Å². The number of hydrogen-bond acceptors (Lipinski definition) is 9. The number of rotatable bonds is 6. The number of aliphatic hydroxyl groups excluding tert-OH is 3. The number of cyclic esters (lactones) is 2. The molecule has 3 unspecified atom stereocenters. The second-order valence-electron chi connectivity index (χ2n) is 8.58. The Labute approximate surface area is 241 Å². The van der Waals surface area contributed by atoms with Crippen molar-refractivity contribution in [3.8, 4) is 5.75 Å². The molecule has 9 nitrogen and oxygen atoms in total. The van der Waals surface area contributed by atoms with Gasteiger partial charge < -0.3 is 34.3 Å². The Morgan fingerprint density at radius 1 is 1.02 bits per heavy atom. The number of halogens is 7. The first-order chi connectivity index (χ1) is 18.8. The van der Waals surface area contributed by atoms with E-state index in [1.165, 1.54) is 13.6 Å². The largest absolute Gasteiger partial charge is 0.514 e. The van der Waals surface area contributed by atoms with Gasteiger partial charge in [0.25, 0.3) is 0 Å². The molecule has 3 N–H and O–H groups in total. The standard InChI is InChI=1S/C13H9F5O6.C5H12O3.C2H7FP2.CH4FP.CH4/c1-13(2-21-11(19)22-3-13)4-23-12(20)24-10-8(17)6(15)5(14)7(16)9(10)18;1-5(2-6,3-7)4-8;1-2(3,4)5;1-3-2;/h2-4H2,1H3;6-8H,2-4H2,1H3;4-5H2,1H3;3H,1H3;1H4/i;;1T;;. The van der Waals surface area contributed by atoms with Crippen LogP contribution in [0.4, 0.5) is 40.1 Å². The van der Waals surface area contributed by atoms with Crippen LogP contribution in [-0.2, 0) is 14.2 Å². The van der Waals surface area contributed by atoms with E-state index >= 15 is 0 Å². The molecule has 0 amide bonds. The average Bonchev–Trinajstić information content (AvgIpc) is 2.94. The van der Waals surface area contributed by atoms with E-state index in [-0.39, 0.29) is 47.4 Å². The summed E-state index contributed by atoms with van der Waals surface area (Å²) in [6, 6.07) is 0. The molecule has 41 heavy (non-hydrogen) atoms. The number of benzene rings is 1. The van der Waals surface area contributed by atoms with Gasteiger partial charge in [0.1, 0.15) is 25.0 Å². The molecule has 0 aromatic heterocycles. The zero-order valence-corrected chi connectivity index (χ0v) is 24.9. The molecule has 1 saturated heterocycles. The van der Waals surface area contributed by atoms with E-state index in [1.807, 2.05) is 18.5 Å².